The van der Waals surface area contributed by atoms with Crippen LogP contribution in [0.5, 0.6) is 0 Å². The van der Waals surface area contributed by atoms with Crippen LogP contribution in [0.15, 0.2) is 42.5 Å². The van der Waals surface area contributed by atoms with Crippen molar-refractivity contribution < 1.29 is 0 Å². The van der Waals surface area contributed by atoms with Gasteiger partial charge in [-0.25, -0.2) is 0 Å². The largest absolute Gasteiger partial charge is 0.181 e. The summed E-state index contributed by atoms with van der Waals surface area (Å²) in [5.41, 5.74) is 7.75. The highest BCUT2D eigenvalue weighted by atomic mass is 35.6. The quantitative estimate of drug-likeness (QED) is 0.307. The van der Waals surface area contributed by atoms with E-state index in [4.69, 9.17) is 11.1 Å². The summed E-state index contributed by atoms with van der Waals surface area (Å²) in [6.07, 6.45) is 11.4. The predicted molar refractivity (Wildman–Crippen MR) is 124 cm³/mol. The third-order valence-corrected chi connectivity index (χ3v) is 4.97. The maximum Gasteiger partial charge on any atom is 0.109 e. The highest BCUT2D eigenvalue weighted by Crippen LogP contribution is 2.32. The average Bonchev–Trinajstić information content (AvgIpc) is 2.71. The van der Waals surface area contributed by atoms with Gasteiger partial charge in [-0.15, -0.1) is 0 Å². The lowest BCUT2D eigenvalue weighted by Crippen LogP contribution is -2.04. The van der Waals surface area contributed by atoms with Crippen molar-refractivity contribution in [2.45, 2.75) is 78.6 Å². The highest BCUT2D eigenvalue weighted by Gasteiger charge is 2.14. The molecule has 0 bridgehead atoms. The first kappa shape index (κ1) is 23.0. The molecule has 2 aromatic rings. The summed E-state index contributed by atoms with van der Waals surface area (Å²) in [7, 11) is 0.778. The molecule has 0 amide bonds. The second kappa shape index (κ2) is 14.1. The summed E-state index contributed by atoms with van der Waals surface area (Å²) >= 11 is 4.78. The number of hydrogen-bond acceptors (Lipinski definition) is 0. The highest BCUT2D eigenvalue weighted by molar-refractivity contribution is 6.80. The summed E-state index contributed by atoms with van der Waals surface area (Å²) in [4.78, 5) is 0. The van der Waals surface area contributed by atoms with E-state index in [2.05, 4.69) is 63.2 Å². The Morgan fingerprint density at radius 2 is 1.19 bits per heavy atom. The Morgan fingerprint density at radius 3 is 1.77 bits per heavy atom. The monoisotopic (exact) mass is 388 g/mol. The van der Waals surface area contributed by atoms with Gasteiger partial charge >= 0.3 is 0 Å². The lowest BCUT2D eigenvalue weighted by molar-refractivity contribution is 0.736. The molecule has 0 N–H and O–H groups in total. The molecule has 2 rings (SSSR count). The fourth-order valence-corrected chi connectivity index (χ4v) is 3.54. The van der Waals surface area contributed by atoms with Gasteiger partial charge in [0.2, 0.25) is 0 Å². The molecule has 0 radical (unpaired) electrons. The molecule has 0 saturated heterocycles. The zero-order chi connectivity index (χ0) is 19.2. The number of rotatable bonds is 10. The van der Waals surface area contributed by atoms with E-state index in [1.54, 1.807) is 16.7 Å². The lowest BCUT2D eigenvalue weighted by Gasteiger charge is -2.19. The molecule has 0 aliphatic heterocycles. The Kier molecular flexibility index (Phi) is 12.4. The van der Waals surface area contributed by atoms with Crippen LogP contribution in [0.2, 0.25) is 0 Å². The number of benzene rings is 2. The molecule has 2 aromatic carbocycles. The van der Waals surface area contributed by atoms with Gasteiger partial charge in [0.25, 0.3) is 0 Å². The van der Waals surface area contributed by atoms with E-state index in [1.807, 2.05) is 0 Å². The minimum absolute atomic E-state index is 0.778. The standard InChI is InChI=1S/C24H34.ClH3Si/c1-4-7-13-21-18-19-23(20-14-11-10-12-15-20)24(17-9-6-3)22(21)16-8-5-2;1-2/h10-12,14-15,18-19H,4-9,13,16-17H2,1-3H3;2H3. The topological polar surface area (TPSA) is 0 Å². The molecule has 0 unspecified atom stereocenters. The molecule has 0 spiro atoms. The fourth-order valence-electron chi connectivity index (χ4n) is 3.54. The van der Waals surface area contributed by atoms with Gasteiger partial charge in [-0.1, -0.05) is 82.5 Å². The first-order valence-electron chi connectivity index (χ1n) is 10.4. The van der Waals surface area contributed by atoms with Crippen LogP contribution < -0.4 is 0 Å². The van der Waals surface area contributed by atoms with Gasteiger partial charge in [0.05, 0.1) is 0 Å². The lowest BCUT2D eigenvalue weighted by atomic mass is 9.85. The Labute approximate surface area is 169 Å². The molecule has 0 aromatic heterocycles. The summed E-state index contributed by atoms with van der Waals surface area (Å²) in [6.45, 7) is 6.90. The molecule has 0 atom stereocenters. The minimum atomic E-state index is 0.778. The number of aryl methyl sites for hydroxylation is 1. The zero-order valence-corrected chi connectivity index (χ0v) is 20.0. The molecular weight excluding hydrogens is 352 g/mol. The molecule has 0 aliphatic rings. The van der Waals surface area contributed by atoms with Crippen LogP contribution in [0.25, 0.3) is 11.1 Å². The van der Waals surface area contributed by atoms with Crippen molar-refractivity contribution in [1.29, 1.82) is 0 Å². The maximum absolute atomic E-state index is 4.78. The van der Waals surface area contributed by atoms with Gasteiger partial charge in [0, 0.05) is 0 Å². The van der Waals surface area contributed by atoms with Crippen LogP contribution in [-0.4, -0.2) is 9.55 Å². The number of unbranched alkanes of at least 4 members (excludes halogenated alkanes) is 3. The fraction of sp³-hybridized carbons (Fsp3) is 0.500. The Bertz CT molecular complexity index is 607. The van der Waals surface area contributed by atoms with Gasteiger partial charge in [-0.3, -0.25) is 0 Å². The third-order valence-electron chi connectivity index (χ3n) is 4.97. The predicted octanol–water partition coefficient (Wildman–Crippen LogP) is 6.89. The van der Waals surface area contributed by atoms with E-state index in [-0.39, 0.29) is 0 Å². The molecular formula is C24H37ClSi. The van der Waals surface area contributed by atoms with Crippen molar-refractivity contribution in [2.75, 3.05) is 0 Å². The van der Waals surface area contributed by atoms with Crippen LogP contribution in [0.1, 0.15) is 76.0 Å². The van der Waals surface area contributed by atoms with E-state index in [9.17, 15) is 0 Å². The minimum Gasteiger partial charge on any atom is -0.181 e. The Hall–Kier alpha value is -1.05. The van der Waals surface area contributed by atoms with Gasteiger partial charge in [-0.05, 0) is 66.3 Å². The van der Waals surface area contributed by atoms with Gasteiger partial charge < -0.3 is 0 Å². The van der Waals surface area contributed by atoms with Crippen molar-refractivity contribution >= 4 is 20.6 Å². The molecule has 26 heavy (non-hydrogen) atoms. The SMILES string of the molecule is CCCCc1ccc(-c2ccccc2)c(CCCC)c1CCCC.[SiH3]Cl. The molecule has 0 nitrogen and oxygen atoms in total. The Balaban J connectivity index is 0.00000163. The van der Waals surface area contributed by atoms with Gasteiger partial charge in [0.1, 0.15) is 9.55 Å². The zero-order valence-electron chi connectivity index (χ0n) is 17.3. The van der Waals surface area contributed by atoms with Crippen molar-refractivity contribution in [3.63, 3.8) is 0 Å². The average molecular weight is 389 g/mol. The van der Waals surface area contributed by atoms with E-state index < -0.39 is 0 Å². The smallest absolute Gasteiger partial charge is 0.109 e. The number of halogens is 1. The molecule has 0 aliphatic carbocycles. The van der Waals surface area contributed by atoms with Gasteiger partial charge in [0.15, 0.2) is 0 Å². The molecule has 0 heterocycles. The Morgan fingerprint density at radius 1 is 0.654 bits per heavy atom. The van der Waals surface area contributed by atoms with Crippen molar-refractivity contribution in [2.24, 2.45) is 0 Å². The van der Waals surface area contributed by atoms with Crippen LogP contribution in [-0.2, 0) is 19.3 Å². The maximum atomic E-state index is 4.78. The second-order valence-electron chi connectivity index (χ2n) is 6.91. The van der Waals surface area contributed by atoms with Crippen molar-refractivity contribution in [3.05, 3.63) is 59.2 Å². The van der Waals surface area contributed by atoms with E-state index >= 15 is 0 Å². The van der Waals surface area contributed by atoms with E-state index in [1.165, 1.54) is 68.9 Å². The first-order chi connectivity index (χ1) is 12.8. The molecule has 144 valence electrons. The van der Waals surface area contributed by atoms with Crippen molar-refractivity contribution in [1.82, 2.24) is 0 Å². The summed E-state index contributed by atoms with van der Waals surface area (Å²) in [6, 6.07) is 15.8. The summed E-state index contributed by atoms with van der Waals surface area (Å²) < 4.78 is 0. The normalized spacial score (nSPS) is 10.5. The van der Waals surface area contributed by atoms with Crippen LogP contribution in [0.3, 0.4) is 0 Å². The summed E-state index contributed by atoms with van der Waals surface area (Å²) in [5.74, 6) is 0. The van der Waals surface area contributed by atoms with Crippen LogP contribution in [0, 0.1) is 0 Å². The van der Waals surface area contributed by atoms with Crippen LogP contribution >= 0.6 is 11.1 Å². The van der Waals surface area contributed by atoms with E-state index in [0.29, 0.717) is 0 Å². The molecule has 0 fully saturated rings. The van der Waals surface area contributed by atoms with Crippen LogP contribution in [0.4, 0.5) is 0 Å². The molecule has 0 saturated carbocycles. The molecule has 2 heteroatoms. The first-order valence-corrected chi connectivity index (χ1v) is 13.4. The third kappa shape index (κ3) is 6.93. The summed E-state index contributed by atoms with van der Waals surface area (Å²) in [5, 5.41) is 0. The number of hydrogen-bond donors (Lipinski definition) is 0. The van der Waals surface area contributed by atoms with E-state index in [0.717, 1.165) is 9.55 Å². The van der Waals surface area contributed by atoms with Gasteiger partial charge in [-0.2, -0.15) is 11.1 Å². The second-order valence-corrected chi connectivity index (χ2v) is 6.91. The van der Waals surface area contributed by atoms with Crippen molar-refractivity contribution in [3.8, 4) is 11.1 Å².